The molecule has 354 valence electrons. The molecule has 6 rings (SSSR count). The SMILES string of the molecule is C.C.C.CC(C)(C)c1c(N)cccc1F.CC(C)(C)c1ccccc1N.CC(C)(C)c1ccccc1N.CC(C)(C)c1ccccc1O.CC(C)(C)c1nn(-c2ccccc2)cc1N. The van der Waals surface area contributed by atoms with Gasteiger partial charge in [0, 0.05) is 28.0 Å². The number of rotatable bonds is 1. The molecule has 0 aliphatic heterocycles. The smallest absolute Gasteiger partial charge is 0.128 e. The number of anilines is 4. The molecule has 7 nitrogen and oxygen atoms in total. The largest absolute Gasteiger partial charge is 0.508 e. The number of hydrogen-bond donors (Lipinski definition) is 5. The summed E-state index contributed by atoms with van der Waals surface area (Å²) in [6, 6.07) is 38.3. The predicted molar refractivity (Wildman–Crippen MR) is 282 cm³/mol. The van der Waals surface area contributed by atoms with Crippen LogP contribution < -0.4 is 22.9 Å². The van der Waals surface area contributed by atoms with E-state index in [4.69, 9.17) is 22.9 Å². The Morgan fingerprint density at radius 1 is 0.422 bits per heavy atom. The molecule has 5 aromatic carbocycles. The van der Waals surface area contributed by atoms with Crippen LogP contribution in [0, 0.1) is 5.82 Å². The fourth-order valence-electron chi connectivity index (χ4n) is 6.48. The summed E-state index contributed by atoms with van der Waals surface area (Å²) in [4.78, 5) is 0. The van der Waals surface area contributed by atoms with Gasteiger partial charge in [0.25, 0.3) is 0 Å². The van der Waals surface area contributed by atoms with Crippen molar-refractivity contribution in [1.82, 2.24) is 9.78 Å². The molecule has 6 aromatic rings. The van der Waals surface area contributed by atoms with Crippen molar-refractivity contribution >= 4 is 22.7 Å². The van der Waals surface area contributed by atoms with Gasteiger partial charge in [-0.15, -0.1) is 0 Å². The Balaban J connectivity index is 0. The lowest BCUT2D eigenvalue weighted by molar-refractivity contribution is 0.447. The molecule has 0 amide bonds. The van der Waals surface area contributed by atoms with E-state index >= 15 is 0 Å². The molecule has 0 atom stereocenters. The van der Waals surface area contributed by atoms with Gasteiger partial charge in [0.1, 0.15) is 11.6 Å². The summed E-state index contributed by atoms with van der Waals surface area (Å²) in [7, 11) is 0. The Morgan fingerprint density at radius 3 is 1.09 bits per heavy atom. The summed E-state index contributed by atoms with van der Waals surface area (Å²) in [6.45, 7) is 31.4. The third-order valence-corrected chi connectivity index (χ3v) is 9.52. The highest BCUT2D eigenvalue weighted by Crippen LogP contribution is 2.32. The minimum absolute atomic E-state index is 0. The average molecular weight is 879 g/mol. The fourth-order valence-corrected chi connectivity index (χ4v) is 6.48. The lowest BCUT2D eigenvalue weighted by Gasteiger charge is -2.21. The number of aromatic nitrogens is 2. The maximum atomic E-state index is 13.3. The zero-order valence-corrected chi connectivity index (χ0v) is 39.7. The second-order valence-corrected chi connectivity index (χ2v) is 20.4. The normalized spacial score (nSPS) is 11.1. The molecule has 0 unspecified atom stereocenters. The number of nitrogen functional groups attached to an aromatic ring is 4. The number of benzene rings is 5. The number of phenols is 1. The Bertz CT molecular complexity index is 2090. The molecule has 1 aromatic heterocycles. The van der Waals surface area contributed by atoms with E-state index < -0.39 is 0 Å². The van der Waals surface area contributed by atoms with Gasteiger partial charge < -0.3 is 28.0 Å². The number of nitrogens with zero attached hydrogens (tertiary/aromatic N) is 2. The minimum atomic E-state index is -0.227. The lowest BCUT2D eigenvalue weighted by Crippen LogP contribution is -2.16. The molecule has 0 radical (unpaired) electrons. The first kappa shape index (κ1) is 60.3. The summed E-state index contributed by atoms with van der Waals surface area (Å²) in [5.41, 5.74) is 32.4. The van der Waals surface area contributed by atoms with E-state index in [9.17, 15) is 9.50 Å². The highest BCUT2D eigenvalue weighted by molar-refractivity contribution is 5.52. The predicted octanol–water partition coefficient (Wildman–Crippen LogP) is 15.2. The lowest BCUT2D eigenvalue weighted by atomic mass is 9.85. The van der Waals surface area contributed by atoms with E-state index in [-0.39, 0.29) is 55.2 Å². The fraction of sp³-hybridized carbons (Fsp3) is 0.411. The molecule has 0 saturated carbocycles. The van der Waals surface area contributed by atoms with Gasteiger partial charge in [0.2, 0.25) is 0 Å². The van der Waals surface area contributed by atoms with Crippen LogP contribution in [-0.4, -0.2) is 14.9 Å². The first-order valence-corrected chi connectivity index (χ1v) is 20.9. The molecule has 0 aliphatic carbocycles. The third-order valence-electron chi connectivity index (χ3n) is 9.52. The zero-order valence-electron chi connectivity index (χ0n) is 39.7. The van der Waals surface area contributed by atoms with Crippen LogP contribution >= 0.6 is 0 Å². The van der Waals surface area contributed by atoms with Gasteiger partial charge in [-0.1, -0.05) is 205 Å². The van der Waals surface area contributed by atoms with Crippen molar-refractivity contribution in [2.24, 2.45) is 0 Å². The van der Waals surface area contributed by atoms with Crippen LogP contribution in [0.5, 0.6) is 5.75 Å². The summed E-state index contributed by atoms with van der Waals surface area (Å²) in [5.74, 6) is 0.169. The molecule has 0 saturated heterocycles. The van der Waals surface area contributed by atoms with Gasteiger partial charge >= 0.3 is 0 Å². The molecule has 1 heterocycles. The molecule has 0 aliphatic rings. The molecule has 0 spiro atoms. The quantitative estimate of drug-likeness (QED) is 0.104. The summed E-state index contributed by atoms with van der Waals surface area (Å²) < 4.78 is 15.1. The maximum absolute atomic E-state index is 13.3. The van der Waals surface area contributed by atoms with Gasteiger partial charge in [0.05, 0.1) is 23.3 Å². The maximum Gasteiger partial charge on any atom is 0.128 e. The number of nitrogens with two attached hydrogens (primary N) is 4. The molecule has 64 heavy (non-hydrogen) atoms. The topological polar surface area (TPSA) is 142 Å². The molecule has 0 fully saturated rings. The van der Waals surface area contributed by atoms with E-state index in [1.807, 2.05) is 117 Å². The Labute approximate surface area is 389 Å². The second kappa shape index (κ2) is 24.9. The standard InChI is InChI=1S/C13H17N3.C10H14FN.2C10H15N.C10H14O.3CH4/c1-13(2,3)12-11(14)9-16(15-12)10-7-5-4-6-8-10;1-10(2,3)9-7(11)5-4-6-8(9)12;3*1-10(2,3)8-6-4-5-7-9(8)11;;;/h4-9H,14H2,1-3H3;4-6H,12H2,1-3H3;2*4-7H,11H2,1-3H3;4-7,11H,1-3H3;3*1H4. The van der Waals surface area contributed by atoms with Crippen LogP contribution in [0.2, 0.25) is 0 Å². The molecular weight excluding hydrogens is 792 g/mol. The second-order valence-electron chi connectivity index (χ2n) is 20.4. The van der Waals surface area contributed by atoms with Gasteiger partial charge in [-0.2, -0.15) is 5.10 Å². The highest BCUT2D eigenvalue weighted by atomic mass is 19.1. The minimum Gasteiger partial charge on any atom is -0.508 e. The van der Waals surface area contributed by atoms with Gasteiger partial charge in [-0.3, -0.25) is 0 Å². The van der Waals surface area contributed by atoms with E-state index in [0.717, 1.165) is 34.0 Å². The van der Waals surface area contributed by atoms with Crippen molar-refractivity contribution in [2.45, 2.75) is 153 Å². The monoisotopic (exact) mass is 879 g/mol. The van der Waals surface area contributed by atoms with E-state index in [2.05, 4.69) is 100 Å². The summed E-state index contributed by atoms with van der Waals surface area (Å²) >= 11 is 0. The summed E-state index contributed by atoms with van der Waals surface area (Å²) in [6.07, 6.45) is 1.87. The molecular formula is C56H87FN6O. The number of phenolic OH excluding ortho intramolecular Hbond substituents is 1. The van der Waals surface area contributed by atoms with Crippen LogP contribution in [0.15, 0.2) is 128 Å². The number of hydrogen-bond acceptors (Lipinski definition) is 6. The van der Waals surface area contributed by atoms with Crippen molar-refractivity contribution in [1.29, 1.82) is 0 Å². The van der Waals surface area contributed by atoms with Crippen LogP contribution in [-0.2, 0) is 27.1 Å². The molecule has 0 bridgehead atoms. The van der Waals surface area contributed by atoms with Crippen LogP contribution in [0.1, 0.15) is 154 Å². The van der Waals surface area contributed by atoms with Crippen molar-refractivity contribution in [3.63, 3.8) is 0 Å². The number of aromatic hydroxyl groups is 1. The van der Waals surface area contributed by atoms with Gasteiger partial charge in [0.15, 0.2) is 0 Å². The Kier molecular flexibility index (Phi) is 23.5. The first-order valence-electron chi connectivity index (χ1n) is 20.9. The van der Waals surface area contributed by atoms with Crippen LogP contribution in [0.25, 0.3) is 5.69 Å². The van der Waals surface area contributed by atoms with Crippen molar-refractivity contribution < 1.29 is 9.50 Å². The zero-order chi connectivity index (χ0) is 46.6. The Morgan fingerprint density at radius 2 is 0.797 bits per heavy atom. The Hall–Kier alpha value is -5.76. The molecule has 9 N–H and O–H groups in total. The van der Waals surface area contributed by atoms with Crippen LogP contribution in [0.4, 0.5) is 27.1 Å². The van der Waals surface area contributed by atoms with Crippen LogP contribution in [0.3, 0.4) is 0 Å². The first-order chi connectivity index (χ1) is 28.0. The number of halogens is 1. The number of para-hydroxylation sites is 4. The van der Waals surface area contributed by atoms with Crippen molar-refractivity contribution in [2.75, 3.05) is 22.9 Å². The van der Waals surface area contributed by atoms with E-state index in [0.29, 0.717) is 17.0 Å². The third kappa shape index (κ3) is 18.9. The molecule has 8 heteroatoms. The van der Waals surface area contributed by atoms with Crippen molar-refractivity contribution in [3.05, 3.63) is 161 Å². The van der Waals surface area contributed by atoms with E-state index in [1.54, 1.807) is 18.2 Å². The summed E-state index contributed by atoms with van der Waals surface area (Å²) in [5, 5.41) is 14.0. The average Bonchev–Trinajstić information content (AvgIpc) is 3.54. The van der Waals surface area contributed by atoms with Gasteiger partial charge in [-0.25, -0.2) is 9.07 Å². The highest BCUT2D eigenvalue weighted by Gasteiger charge is 2.22. The van der Waals surface area contributed by atoms with Gasteiger partial charge in [-0.05, 0) is 80.8 Å². The van der Waals surface area contributed by atoms with E-state index in [1.165, 1.54) is 17.2 Å². The van der Waals surface area contributed by atoms with Crippen molar-refractivity contribution in [3.8, 4) is 11.4 Å².